The third kappa shape index (κ3) is 4.49. The van der Waals surface area contributed by atoms with Crippen molar-refractivity contribution in [1.29, 1.82) is 0 Å². The molecule has 0 fully saturated rings. The minimum atomic E-state index is -1.21. The normalized spacial score (nSPS) is 11.2. The van der Waals surface area contributed by atoms with Crippen molar-refractivity contribution in [3.8, 4) is 0 Å². The van der Waals surface area contributed by atoms with E-state index in [9.17, 15) is 4.79 Å². The molecule has 0 unspecified atom stereocenters. The fraction of sp³-hybridized carbons (Fsp3) is 0.417. The summed E-state index contributed by atoms with van der Waals surface area (Å²) in [5.41, 5.74) is 1.92. The van der Waals surface area contributed by atoms with E-state index in [1.807, 2.05) is 24.3 Å². The molecular weight excluding hydrogens is 282 g/mol. The molecule has 1 aromatic carbocycles. The Balaban J connectivity index is 2.59. The lowest BCUT2D eigenvalue weighted by Gasteiger charge is -2.16. The Kier molecular flexibility index (Phi) is 4.74. The van der Waals surface area contributed by atoms with E-state index in [-0.39, 0.29) is 5.91 Å². The second-order valence-electron chi connectivity index (χ2n) is 5.07. The van der Waals surface area contributed by atoms with Crippen LogP contribution in [0.4, 0.5) is 0 Å². The van der Waals surface area contributed by atoms with Gasteiger partial charge >= 0.3 is 0 Å². The number of carbonyl (C=O) groups excluding carboxylic acids is 1. The molecule has 0 aliphatic carbocycles. The second-order valence-corrected chi connectivity index (χ2v) is 11.1. The van der Waals surface area contributed by atoms with Gasteiger partial charge in [0.15, 0.2) is 0 Å². The predicted octanol–water partition coefficient (Wildman–Crippen LogP) is 3.19. The predicted molar refractivity (Wildman–Crippen MR) is 74.8 cm³/mol. The molecule has 0 spiro atoms. The molecule has 16 heavy (non-hydrogen) atoms. The molecule has 0 aliphatic rings. The van der Waals surface area contributed by atoms with Gasteiger partial charge in [-0.1, -0.05) is 47.7 Å². The summed E-state index contributed by atoms with van der Waals surface area (Å²) in [6, 6.07) is 7.68. The van der Waals surface area contributed by atoms with Crippen LogP contribution in [-0.2, 0) is 5.33 Å². The summed E-state index contributed by atoms with van der Waals surface area (Å²) in [5.74, 6) is 0.0311. The first-order chi connectivity index (χ1) is 7.42. The maximum atomic E-state index is 11.8. The first-order valence-corrected chi connectivity index (χ1v) is 10.2. The molecule has 1 rings (SSSR count). The summed E-state index contributed by atoms with van der Waals surface area (Å²) in [7, 11) is -1.21. The average Bonchev–Trinajstić information content (AvgIpc) is 2.25. The smallest absolute Gasteiger partial charge is 0.251 e. The summed E-state index contributed by atoms with van der Waals surface area (Å²) in [6.45, 7) is 6.71. The second kappa shape index (κ2) is 5.64. The van der Waals surface area contributed by atoms with Gasteiger partial charge in [-0.15, -0.1) is 0 Å². The van der Waals surface area contributed by atoms with Gasteiger partial charge in [0.1, 0.15) is 0 Å². The van der Waals surface area contributed by atoms with E-state index in [1.54, 1.807) is 0 Å². The molecule has 1 aromatic rings. The van der Waals surface area contributed by atoms with E-state index in [2.05, 4.69) is 40.9 Å². The van der Waals surface area contributed by atoms with Crippen LogP contribution in [-0.4, -0.2) is 20.1 Å². The lowest BCUT2D eigenvalue weighted by Crippen LogP contribution is -2.39. The largest absolute Gasteiger partial charge is 0.355 e. The monoisotopic (exact) mass is 299 g/mol. The van der Waals surface area contributed by atoms with Crippen molar-refractivity contribution in [3.63, 3.8) is 0 Å². The van der Waals surface area contributed by atoms with Gasteiger partial charge in [-0.2, -0.15) is 0 Å². The number of amides is 1. The summed E-state index contributed by atoms with van der Waals surface area (Å²) in [6.07, 6.45) is 0.825. The van der Waals surface area contributed by atoms with Gasteiger partial charge in [0.25, 0.3) is 5.91 Å². The fourth-order valence-corrected chi connectivity index (χ4v) is 2.26. The fourth-order valence-electron chi connectivity index (χ4n) is 1.19. The molecule has 88 valence electrons. The molecule has 0 saturated heterocycles. The summed E-state index contributed by atoms with van der Waals surface area (Å²) in [5, 5.41) is 3.81. The SMILES string of the molecule is C[Si](C)(C)CNC(=O)c1ccc(CBr)cc1. The molecule has 4 heteroatoms. The zero-order chi connectivity index (χ0) is 12.2. The molecule has 2 nitrogen and oxygen atoms in total. The van der Waals surface area contributed by atoms with Crippen molar-refractivity contribution in [2.75, 3.05) is 6.17 Å². The lowest BCUT2D eigenvalue weighted by molar-refractivity contribution is 0.0959. The van der Waals surface area contributed by atoms with Gasteiger partial charge in [-0.05, 0) is 17.7 Å². The summed E-state index contributed by atoms with van der Waals surface area (Å²) < 4.78 is 0. The number of hydrogen-bond donors (Lipinski definition) is 1. The zero-order valence-electron chi connectivity index (χ0n) is 10.0. The maximum Gasteiger partial charge on any atom is 0.251 e. The Morgan fingerprint density at radius 1 is 1.25 bits per heavy atom. The van der Waals surface area contributed by atoms with Gasteiger partial charge in [0.05, 0.1) is 8.07 Å². The van der Waals surface area contributed by atoms with E-state index in [4.69, 9.17) is 0 Å². The Hall–Kier alpha value is -0.613. The van der Waals surface area contributed by atoms with E-state index >= 15 is 0 Å². The van der Waals surface area contributed by atoms with Crippen molar-refractivity contribution >= 4 is 29.9 Å². The van der Waals surface area contributed by atoms with Crippen molar-refractivity contribution < 1.29 is 4.79 Å². The Morgan fingerprint density at radius 3 is 2.25 bits per heavy atom. The number of carbonyl (C=O) groups is 1. The number of nitrogens with one attached hydrogen (secondary N) is 1. The van der Waals surface area contributed by atoms with Crippen LogP contribution >= 0.6 is 15.9 Å². The number of halogens is 1. The van der Waals surface area contributed by atoms with Gasteiger partial charge in [0.2, 0.25) is 0 Å². The first-order valence-electron chi connectivity index (χ1n) is 5.35. The molecule has 0 bridgehead atoms. The molecule has 0 atom stereocenters. The standard InChI is InChI=1S/C12H18BrNOSi/c1-16(2,3)9-14-12(15)11-6-4-10(8-13)5-7-11/h4-7H,8-9H2,1-3H3,(H,14,15). The van der Waals surface area contributed by atoms with E-state index in [1.165, 1.54) is 5.56 Å². The highest BCUT2D eigenvalue weighted by Gasteiger charge is 2.14. The number of hydrogen-bond acceptors (Lipinski definition) is 1. The molecule has 0 aliphatic heterocycles. The van der Waals surface area contributed by atoms with Crippen molar-refractivity contribution in [2.24, 2.45) is 0 Å². The van der Waals surface area contributed by atoms with Crippen molar-refractivity contribution in [1.82, 2.24) is 5.32 Å². The van der Waals surface area contributed by atoms with E-state index in [0.717, 1.165) is 17.1 Å². The van der Waals surface area contributed by atoms with Gasteiger partial charge in [-0.25, -0.2) is 0 Å². The van der Waals surface area contributed by atoms with Gasteiger partial charge in [0, 0.05) is 17.1 Å². The molecule has 0 aromatic heterocycles. The molecule has 1 N–H and O–H groups in total. The van der Waals surface area contributed by atoms with Crippen LogP contribution in [0.15, 0.2) is 24.3 Å². The van der Waals surface area contributed by atoms with Crippen LogP contribution in [0.25, 0.3) is 0 Å². The number of benzene rings is 1. The minimum absolute atomic E-state index is 0.0311. The zero-order valence-corrected chi connectivity index (χ0v) is 12.6. The number of rotatable bonds is 4. The minimum Gasteiger partial charge on any atom is -0.355 e. The molecule has 1 amide bonds. The lowest BCUT2D eigenvalue weighted by atomic mass is 10.1. The highest BCUT2D eigenvalue weighted by atomic mass is 79.9. The van der Waals surface area contributed by atoms with Crippen LogP contribution < -0.4 is 5.32 Å². The highest BCUT2D eigenvalue weighted by molar-refractivity contribution is 9.08. The molecule has 0 saturated carbocycles. The topological polar surface area (TPSA) is 29.1 Å². The quantitative estimate of drug-likeness (QED) is 0.671. The van der Waals surface area contributed by atoms with Crippen molar-refractivity contribution in [3.05, 3.63) is 35.4 Å². The third-order valence-electron chi connectivity index (χ3n) is 2.15. The molecule has 0 radical (unpaired) electrons. The van der Waals surface area contributed by atoms with Crippen LogP contribution in [0.5, 0.6) is 0 Å². The van der Waals surface area contributed by atoms with Crippen LogP contribution in [0.1, 0.15) is 15.9 Å². The van der Waals surface area contributed by atoms with E-state index in [0.29, 0.717) is 0 Å². The summed E-state index contributed by atoms with van der Waals surface area (Å²) >= 11 is 3.38. The maximum absolute atomic E-state index is 11.8. The van der Waals surface area contributed by atoms with Gasteiger partial charge < -0.3 is 5.32 Å². The Bertz CT molecular complexity index is 356. The molecule has 0 heterocycles. The molecular formula is C12H18BrNOSi. The van der Waals surface area contributed by atoms with Crippen molar-refractivity contribution in [2.45, 2.75) is 25.0 Å². The Morgan fingerprint density at radius 2 is 1.81 bits per heavy atom. The highest BCUT2D eigenvalue weighted by Crippen LogP contribution is 2.08. The van der Waals surface area contributed by atoms with Gasteiger partial charge in [-0.3, -0.25) is 4.79 Å². The average molecular weight is 300 g/mol. The van der Waals surface area contributed by atoms with Crippen LogP contribution in [0, 0.1) is 0 Å². The number of alkyl halides is 1. The Labute approximate surface area is 107 Å². The first kappa shape index (κ1) is 13.5. The third-order valence-corrected chi connectivity index (χ3v) is 4.03. The van der Waals surface area contributed by atoms with Crippen LogP contribution in [0.2, 0.25) is 19.6 Å². The summed E-state index contributed by atoms with van der Waals surface area (Å²) in [4.78, 5) is 11.8. The van der Waals surface area contributed by atoms with Crippen LogP contribution in [0.3, 0.4) is 0 Å². The van der Waals surface area contributed by atoms with E-state index < -0.39 is 8.07 Å².